The van der Waals surface area contributed by atoms with Crippen LogP contribution in [-0.4, -0.2) is 29.0 Å². The van der Waals surface area contributed by atoms with Crippen molar-refractivity contribution in [3.63, 3.8) is 0 Å². The van der Waals surface area contributed by atoms with E-state index in [-0.39, 0.29) is 11.7 Å². The highest BCUT2D eigenvalue weighted by Crippen LogP contribution is 2.31. The third-order valence-electron chi connectivity index (χ3n) is 3.92. The van der Waals surface area contributed by atoms with Crippen LogP contribution in [0.5, 0.6) is 0 Å². The number of hydrogen-bond acceptors (Lipinski definition) is 1. The van der Waals surface area contributed by atoms with Crippen LogP contribution in [0.25, 0.3) is 10.9 Å². The van der Waals surface area contributed by atoms with Crippen LogP contribution < -0.4 is 0 Å². The van der Waals surface area contributed by atoms with Gasteiger partial charge in [-0.05, 0) is 31.4 Å². The summed E-state index contributed by atoms with van der Waals surface area (Å²) in [6, 6.07) is 5.10. The van der Waals surface area contributed by atoms with Crippen molar-refractivity contribution in [2.75, 3.05) is 13.6 Å². The highest BCUT2D eigenvalue weighted by atomic mass is 19.1. The van der Waals surface area contributed by atoms with E-state index in [1.54, 1.807) is 11.0 Å². The minimum Gasteiger partial charge on any atom is -0.340 e. The first-order valence-corrected chi connectivity index (χ1v) is 6.70. The van der Waals surface area contributed by atoms with Crippen molar-refractivity contribution in [2.24, 2.45) is 0 Å². The molecule has 100 valence electrons. The predicted molar refractivity (Wildman–Crippen MR) is 72.9 cm³/mol. The third-order valence-corrected chi connectivity index (χ3v) is 3.92. The second-order valence-corrected chi connectivity index (χ2v) is 5.04. The summed E-state index contributed by atoms with van der Waals surface area (Å²) < 4.78 is 15.9. The SMILES string of the molecule is CCn1c2c(c3cccc(F)c31)CCCN(C)C2=O. The van der Waals surface area contributed by atoms with E-state index < -0.39 is 0 Å². The van der Waals surface area contributed by atoms with E-state index in [4.69, 9.17) is 0 Å². The molecule has 1 aliphatic rings. The molecule has 3 nitrogen and oxygen atoms in total. The lowest BCUT2D eigenvalue weighted by atomic mass is 10.1. The van der Waals surface area contributed by atoms with Crippen LogP contribution in [0.1, 0.15) is 29.4 Å². The molecule has 0 atom stereocenters. The van der Waals surface area contributed by atoms with Gasteiger partial charge in [0.05, 0.1) is 5.52 Å². The first kappa shape index (κ1) is 12.2. The third kappa shape index (κ3) is 1.66. The maximum absolute atomic E-state index is 14.1. The monoisotopic (exact) mass is 260 g/mol. The minimum absolute atomic E-state index is 0.00458. The molecule has 3 rings (SSSR count). The number of carbonyl (C=O) groups excluding carboxylic acids is 1. The van der Waals surface area contributed by atoms with Gasteiger partial charge in [0, 0.05) is 25.5 Å². The van der Waals surface area contributed by atoms with Gasteiger partial charge >= 0.3 is 0 Å². The number of para-hydroxylation sites is 1. The van der Waals surface area contributed by atoms with Gasteiger partial charge in [-0.1, -0.05) is 12.1 Å². The second-order valence-electron chi connectivity index (χ2n) is 5.04. The van der Waals surface area contributed by atoms with Crippen LogP contribution in [0.4, 0.5) is 4.39 Å². The molecule has 0 fully saturated rings. The van der Waals surface area contributed by atoms with Crippen LogP contribution >= 0.6 is 0 Å². The number of rotatable bonds is 1. The molecule has 1 aliphatic heterocycles. The first-order valence-electron chi connectivity index (χ1n) is 6.70. The van der Waals surface area contributed by atoms with Crippen molar-refractivity contribution in [3.05, 3.63) is 35.3 Å². The molecule has 1 amide bonds. The number of aryl methyl sites for hydroxylation is 2. The molecule has 19 heavy (non-hydrogen) atoms. The van der Waals surface area contributed by atoms with Gasteiger partial charge < -0.3 is 9.47 Å². The summed E-state index contributed by atoms with van der Waals surface area (Å²) >= 11 is 0. The van der Waals surface area contributed by atoms with Gasteiger partial charge in [-0.3, -0.25) is 4.79 Å². The molecule has 4 heteroatoms. The van der Waals surface area contributed by atoms with Gasteiger partial charge in [0.2, 0.25) is 0 Å². The molecule has 0 saturated carbocycles. The molecule has 2 heterocycles. The van der Waals surface area contributed by atoms with Gasteiger partial charge in [0.25, 0.3) is 5.91 Å². The zero-order valence-corrected chi connectivity index (χ0v) is 11.2. The normalized spacial score (nSPS) is 15.7. The Balaban J connectivity index is 2.40. The Bertz CT molecular complexity index is 660. The standard InChI is InChI=1S/C15H17FN2O/c1-3-18-13-10(6-4-8-12(13)16)11-7-5-9-17(2)15(19)14(11)18/h4,6,8H,3,5,7,9H2,1-2H3. The van der Waals surface area contributed by atoms with E-state index in [2.05, 4.69) is 0 Å². The molecule has 2 aromatic rings. The summed E-state index contributed by atoms with van der Waals surface area (Å²) in [4.78, 5) is 14.2. The van der Waals surface area contributed by atoms with Crippen molar-refractivity contribution >= 4 is 16.8 Å². The van der Waals surface area contributed by atoms with Crippen LogP contribution in [0.2, 0.25) is 0 Å². The van der Waals surface area contributed by atoms with Gasteiger partial charge in [-0.25, -0.2) is 4.39 Å². The Hall–Kier alpha value is -1.84. The molecule has 0 aliphatic carbocycles. The number of aromatic nitrogens is 1. The molecular weight excluding hydrogens is 243 g/mol. The number of benzene rings is 1. The van der Waals surface area contributed by atoms with Gasteiger partial charge in [-0.2, -0.15) is 0 Å². The smallest absolute Gasteiger partial charge is 0.270 e. The Kier molecular flexibility index (Phi) is 2.81. The molecule has 1 aromatic carbocycles. The van der Waals surface area contributed by atoms with E-state index in [0.29, 0.717) is 17.8 Å². The van der Waals surface area contributed by atoms with Crippen molar-refractivity contribution in [1.29, 1.82) is 0 Å². The topological polar surface area (TPSA) is 25.2 Å². The first-order chi connectivity index (χ1) is 9.15. The van der Waals surface area contributed by atoms with Gasteiger partial charge in [0.15, 0.2) is 0 Å². The zero-order chi connectivity index (χ0) is 13.6. The maximum Gasteiger partial charge on any atom is 0.270 e. The summed E-state index contributed by atoms with van der Waals surface area (Å²) in [5, 5.41) is 0.889. The Morgan fingerprint density at radius 2 is 2.16 bits per heavy atom. The number of hydrogen-bond donors (Lipinski definition) is 0. The summed E-state index contributed by atoms with van der Waals surface area (Å²) in [6.07, 6.45) is 1.76. The molecule has 0 unspecified atom stereocenters. The largest absolute Gasteiger partial charge is 0.340 e. The molecule has 0 N–H and O–H groups in total. The van der Waals surface area contributed by atoms with E-state index >= 15 is 0 Å². The molecule has 0 saturated heterocycles. The lowest BCUT2D eigenvalue weighted by Gasteiger charge is -2.15. The van der Waals surface area contributed by atoms with Crippen molar-refractivity contribution in [2.45, 2.75) is 26.3 Å². The predicted octanol–water partition coefficient (Wildman–Crippen LogP) is 2.82. The summed E-state index contributed by atoms with van der Waals surface area (Å²) in [6.45, 7) is 3.31. The number of carbonyl (C=O) groups is 1. The number of nitrogens with zero attached hydrogens (tertiary/aromatic N) is 2. The Morgan fingerprint density at radius 1 is 1.37 bits per heavy atom. The molecule has 1 aromatic heterocycles. The second kappa shape index (κ2) is 4.37. The summed E-state index contributed by atoms with van der Waals surface area (Å²) in [7, 11) is 1.81. The van der Waals surface area contributed by atoms with E-state index in [1.807, 2.05) is 24.6 Å². The molecule has 0 radical (unpaired) electrons. The van der Waals surface area contributed by atoms with Crippen molar-refractivity contribution in [1.82, 2.24) is 9.47 Å². The highest BCUT2D eigenvalue weighted by Gasteiger charge is 2.27. The fourth-order valence-corrected chi connectivity index (χ4v) is 3.02. The quantitative estimate of drug-likeness (QED) is 0.774. The van der Waals surface area contributed by atoms with Crippen LogP contribution in [-0.2, 0) is 13.0 Å². The fourth-order valence-electron chi connectivity index (χ4n) is 3.02. The number of fused-ring (bicyclic) bond motifs is 3. The van der Waals surface area contributed by atoms with Crippen LogP contribution in [0.15, 0.2) is 18.2 Å². The zero-order valence-electron chi connectivity index (χ0n) is 11.2. The van der Waals surface area contributed by atoms with Gasteiger partial charge in [-0.15, -0.1) is 0 Å². The number of amides is 1. The van der Waals surface area contributed by atoms with E-state index in [0.717, 1.165) is 30.3 Å². The molecule has 0 spiro atoms. The minimum atomic E-state index is -0.247. The highest BCUT2D eigenvalue weighted by molar-refractivity contribution is 6.02. The van der Waals surface area contributed by atoms with E-state index in [1.165, 1.54) is 6.07 Å². The number of halogens is 1. The maximum atomic E-state index is 14.1. The van der Waals surface area contributed by atoms with Crippen LogP contribution in [0, 0.1) is 5.82 Å². The summed E-state index contributed by atoms with van der Waals surface area (Å²) in [5.41, 5.74) is 2.24. The van der Waals surface area contributed by atoms with E-state index in [9.17, 15) is 9.18 Å². The molecular formula is C15H17FN2O. The fraction of sp³-hybridized carbons (Fsp3) is 0.400. The lowest BCUT2D eigenvalue weighted by Crippen LogP contribution is -2.28. The van der Waals surface area contributed by atoms with Gasteiger partial charge in [0.1, 0.15) is 11.5 Å². The van der Waals surface area contributed by atoms with Crippen molar-refractivity contribution in [3.8, 4) is 0 Å². The Morgan fingerprint density at radius 3 is 2.89 bits per heavy atom. The average Bonchev–Trinajstić information content (AvgIpc) is 2.65. The van der Waals surface area contributed by atoms with Crippen molar-refractivity contribution < 1.29 is 9.18 Å². The summed E-state index contributed by atoms with van der Waals surface area (Å²) in [5.74, 6) is -0.243. The molecule has 0 bridgehead atoms. The lowest BCUT2D eigenvalue weighted by molar-refractivity contribution is 0.0790. The average molecular weight is 260 g/mol. The Labute approximate surface area is 111 Å². The van der Waals surface area contributed by atoms with Crippen LogP contribution in [0.3, 0.4) is 0 Å².